The van der Waals surface area contributed by atoms with Crippen LogP contribution in [0.5, 0.6) is 0 Å². The second-order valence-corrected chi connectivity index (χ2v) is 5.36. The van der Waals surface area contributed by atoms with E-state index >= 15 is 0 Å². The van der Waals surface area contributed by atoms with Crippen LogP contribution in [0.3, 0.4) is 0 Å². The van der Waals surface area contributed by atoms with Crippen molar-refractivity contribution < 1.29 is 0 Å². The molecule has 1 aliphatic rings. The molecule has 1 aromatic heterocycles. The normalized spacial score (nSPS) is 15.7. The summed E-state index contributed by atoms with van der Waals surface area (Å²) in [6.07, 6.45) is 4.06. The lowest BCUT2D eigenvalue weighted by molar-refractivity contribution is 0.683. The Bertz CT molecular complexity index is 457. The maximum Gasteiger partial charge on any atom is 0.191 e. The first-order valence-corrected chi connectivity index (χ1v) is 7.05. The molecule has 5 nitrogen and oxygen atoms in total. The summed E-state index contributed by atoms with van der Waals surface area (Å²) in [5.41, 5.74) is 3.55. The molecule has 0 atom stereocenters. The number of rotatable bonds is 5. The molecule has 0 saturated heterocycles. The third-order valence-corrected chi connectivity index (χ3v) is 3.86. The van der Waals surface area contributed by atoms with Crippen molar-refractivity contribution >= 4 is 5.96 Å². The van der Waals surface area contributed by atoms with Crippen molar-refractivity contribution in [2.45, 2.75) is 39.7 Å². The smallest absolute Gasteiger partial charge is 0.191 e. The minimum absolute atomic E-state index is 0.772. The zero-order chi connectivity index (χ0) is 13.8. The molecule has 1 fully saturated rings. The first-order valence-electron chi connectivity index (χ1n) is 7.05. The van der Waals surface area contributed by atoms with Crippen LogP contribution in [0, 0.1) is 19.8 Å². The monoisotopic (exact) mass is 263 g/mol. The fraction of sp³-hybridized carbons (Fsp3) is 0.714. The molecule has 0 radical (unpaired) electrons. The van der Waals surface area contributed by atoms with Crippen LogP contribution in [0.1, 0.15) is 36.2 Å². The maximum atomic E-state index is 4.42. The van der Waals surface area contributed by atoms with Crippen molar-refractivity contribution in [1.82, 2.24) is 20.4 Å². The van der Waals surface area contributed by atoms with Gasteiger partial charge in [0, 0.05) is 38.4 Å². The highest BCUT2D eigenvalue weighted by Crippen LogP contribution is 2.31. The van der Waals surface area contributed by atoms with Gasteiger partial charge in [-0.05, 0) is 26.2 Å². The fourth-order valence-corrected chi connectivity index (χ4v) is 2.27. The number of hydrogen-bond donors (Lipinski definition) is 2. The zero-order valence-corrected chi connectivity index (χ0v) is 12.5. The second-order valence-electron chi connectivity index (χ2n) is 5.36. The van der Waals surface area contributed by atoms with Crippen LogP contribution in [-0.4, -0.2) is 29.3 Å². The Labute approximate surface area is 115 Å². The maximum absolute atomic E-state index is 4.42. The van der Waals surface area contributed by atoms with Crippen LogP contribution in [0.4, 0.5) is 0 Å². The van der Waals surface area contributed by atoms with Gasteiger partial charge in [-0.2, -0.15) is 5.10 Å². The molecule has 0 spiro atoms. The third kappa shape index (κ3) is 3.72. The highest BCUT2D eigenvalue weighted by atomic mass is 15.3. The van der Waals surface area contributed by atoms with Crippen LogP contribution in [-0.2, 0) is 13.6 Å². The van der Waals surface area contributed by atoms with Crippen molar-refractivity contribution in [2.24, 2.45) is 18.0 Å². The van der Waals surface area contributed by atoms with Crippen molar-refractivity contribution in [3.05, 3.63) is 17.0 Å². The molecule has 0 aromatic carbocycles. The van der Waals surface area contributed by atoms with Gasteiger partial charge in [0.15, 0.2) is 5.96 Å². The number of aryl methyl sites for hydroxylation is 2. The average Bonchev–Trinajstić information content (AvgIpc) is 3.16. The summed E-state index contributed by atoms with van der Waals surface area (Å²) in [6.45, 7) is 5.93. The molecule has 0 unspecified atom stereocenters. The van der Waals surface area contributed by atoms with Crippen LogP contribution in [0.2, 0.25) is 0 Å². The molecule has 1 heterocycles. The number of nitrogens with zero attached hydrogens (tertiary/aromatic N) is 3. The van der Waals surface area contributed by atoms with E-state index in [1.165, 1.54) is 30.5 Å². The van der Waals surface area contributed by atoms with Crippen molar-refractivity contribution in [3.8, 4) is 0 Å². The molecule has 0 amide bonds. The molecule has 106 valence electrons. The van der Waals surface area contributed by atoms with E-state index < -0.39 is 0 Å². The minimum atomic E-state index is 0.772. The van der Waals surface area contributed by atoms with Crippen LogP contribution in [0.25, 0.3) is 0 Å². The second kappa shape index (κ2) is 6.08. The molecule has 0 bridgehead atoms. The Morgan fingerprint density at radius 2 is 2.11 bits per heavy atom. The summed E-state index contributed by atoms with van der Waals surface area (Å²) in [7, 11) is 3.80. The number of guanidine groups is 1. The van der Waals surface area contributed by atoms with E-state index in [-0.39, 0.29) is 0 Å². The van der Waals surface area contributed by atoms with Gasteiger partial charge in [-0.3, -0.25) is 9.67 Å². The van der Waals surface area contributed by atoms with E-state index in [4.69, 9.17) is 0 Å². The SMILES string of the molecule is CN=C(NCCC1CC1)NCc1c(C)nn(C)c1C. The van der Waals surface area contributed by atoms with E-state index in [0.29, 0.717) is 0 Å². The molecule has 1 saturated carbocycles. The topological polar surface area (TPSA) is 54.2 Å². The number of aliphatic imine (C=N–C) groups is 1. The van der Waals surface area contributed by atoms with E-state index in [1.54, 1.807) is 0 Å². The van der Waals surface area contributed by atoms with Crippen molar-refractivity contribution in [2.75, 3.05) is 13.6 Å². The van der Waals surface area contributed by atoms with Crippen LogP contribution in [0.15, 0.2) is 4.99 Å². The summed E-state index contributed by atoms with van der Waals surface area (Å²) in [4.78, 5) is 4.25. The lowest BCUT2D eigenvalue weighted by atomic mass is 10.2. The van der Waals surface area contributed by atoms with Crippen molar-refractivity contribution in [1.29, 1.82) is 0 Å². The van der Waals surface area contributed by atoms with Crippen molar-refractivity contribution in [3.63, 3.8) is 0 Å². The zero-order valence-electron chi connectivity index (χ0n) is 12.5. The molecule has 19 heavy (non-hydrogen) atoms. The third-order valence-electron chi connectivity index (χ3n) is 3.86. The van der Waals surface area contributed by atoms with Gasteiger partial charge >= 0.3 is 0 Å². The van der Waals surface area contributed by atoms with Gasteiger partial charge in [0.1, 0.15) is 0 Å². The molecular weight excluding hydrogens is 238 g/mol. The predicted octanol–water partition coefficient (Wildman–Crippen LogP) is 1.50. The Morgan fingerprint density at radius 3 is 2.63 bits per heavy atom. The Kier molecular flexibility index (Phi) is 4.45. The van der Waals surface area contributed by atoms with Gasteiger partial charge in [-0.15, -0.1) is 0 Å². The van der Waals surface area contributed by atoms with Gasteiger partial charge in [0.2, 0.25) is 0 Å². The molecular formula is C14H25N5. The first-order chi connectivity index (χ1) is 9.11. The highest BCUT2D eigenvalue weighted by molar-refractivity contribution is 5.79. The molecule has 2 rings (SSSR count). The summed E-state index contributed by atoms with van der Waals surface area (Å²) in [5, 5.41) is 11.2. The van der Waals surface area contributed by atoms with Gasteiger partial charge < -0.3 is 10.6 Å². The molecule has 5 heteroatoms. The Morgan fingerprint density at radius 1 is 1.37 bits per heavy atom. The minimum Gasteiger partial charge on any atom is -0.356 e. The number of aromatic nitrogens is 2. The van der Waals surface area contributed by atoms with Gasteiger partial charge in [0.05, 0.1) is 5.69 Å². The standard InChI is InChI=1S/C14H25N5/c1-10-13(11(2)19(4)18-10)9-17-14(15-3)16-8-7-12-5-6-12/h12H,5-9H2,1-4H3,(H2,15,16,17). The summed E-state index contributed by atoms with van der Waals surface area (Å²) in [6, 6.07) is 0. The Hall–Kier alpha value is -1.52. The quantitative estimate of drug-likeness (QED) is 0.625. The largest absolute Gasteiger partial charge is 0.356 e. The lowest BCUT2D eigenvalue weighted by Gasteiger charge is -2.12. The van der Waals surface area contributed by atoms with E-state index in [1.807, 2.05) is 25.7 Å². The number of nitrogens with one attached hydrogen (secondary N) is 2. The molecule has 0 aliphatic heterocycles. The molecule has 1 aromatic rings. The summed E-state index contributed by atoms with van der Waals surface area (Å²) in [5.74, 6) is 1.83. The lowest BCUT2D eigenvalue weighted by Crippen LogP contribution is -2.37. The summed E-state index contributed by atoms with van der Waals surface area (Å²) >= 11 is 0. The van der Waals surface area contributed by atoms with Gasteiger partial charge in [-0.25, -0.2) is 0 Å². The van der Waals surface area contributed by atoms with Crippen LogP contribution >= 0.6 is 0 Å². The Balaban J connectivity index is 1.81. The van der Waals surface area contributed by atoms with E-state index in [2.05, 4.69) is 27.6 Å². The first kappa shape index (κ1) is 13.9. The number of hydrogen-bond acceptors (Lipinski definition) is 2. The van der Waals surface area contributed by atoms with Crippen LogP contribution < -0.4 is 10.6 Å². The summed E-state index contributed by atoms with van der Waals surface area (Å²) < 4.78 is 1.93. The highest BCUT2D eigenvalue weighted by Gasteiger charge is 2.20. The van der Waals surface area contributed by atoms with Gasteiger partial charge in [-0.1, -0.05) is 12.8 Å². The molecule has 1 aliphatic carbocycles. The predicted molar refractivity (Wildman–Crippen MR) is 78.2 cm³/mol. The van der Waals surface area contributed by atoms with E-state index in [0.717, 1.165) is 30.7 Å². The van der Waals surface area contributed by atoms with Gasteiger partial charge in [0.25, 0.3) is 0 Å². The average molecular weight is 263 g/mol. The van der Waals surface area contributed by atoms with E-state index in [9.17, 15) is 0 Å². The fourth-order valence-electron chi connectivity index (χ4n) is 2.27. The molecule has 2 N–H and O–H groups in total.